The number of ether oxygens (including phenoxy) is 1. The fourth-order valence-corrected chi connectivity index (χ4v) is 1.92. The van der Waals surface area contributed by atoms with Crippen molar-refractivity contribution in [3.63, 3.8) is 0 Å². The lowest BCUT2D eigenvalue weighted by atomic mass is 10.1. The van der Waals surface area contributed by atoms with Crippen LogP contribution in [0.4, 0.5) is 5.69 Å². The van der Waals surface area contributed by atoms with Gasteiger partial charge in [0.2, 0.25) is 5.91 Å². The minimum absolute atomic E-state index is 0.242. The second kappa shape index (κ2) is 7.45. The predicted molar refractivity (Wildman–Crippen MR) is 84.2 cm³/mol. The molecule has 0 radical (unpaired) electrons. The first-order valence-electron chi connectivity index (χ1n) is 7.05. The van der Waals surface area contributed by atoms with Gasteiger partial charge < -0.3 is 15.8 Å². The molecule has 0 aromatic heterocycles. The van der Waals surface area contributed by atoms with Gasteiger partial charge in [-0.15, -0.1) is 0 Å². The molecule has 0 saturated carbocycles. The van der Waals surface area contributed by atoms with Crippen molar-refractivity contribution in [3.05, 3.63) is 60.2 Å². The van der Waals surface area contributed by atoms with Crippen LogP contribution in [-0.4, -0.2) is 12.5 Å². The standard InChI is InChI=1S/C17H20N2O2/c1-2-11-21-15-10-6-9-14(12-15)19-17(20)16(18)13-7-4-3-5-8-13/h3-10,12,16H,2,11,18H2,1H3,(H,19,20)/t16-/m1/s1. The molecule has 2 aromatic carbocycles. The highest BCUT2D eigenvalue weighted by Gasteiger charge is 2.15. The Morgan fingerprint density at radius 2 is 1.95 bits per heavy atom. The lowest BCUT2D eigenvalue weighted by Crippen LogP contribution is -2.27. The molecule has 0 spiro atoms. The van der Waals surface area contributed by atoms with Crippen molar-refractivity contribution in [1.82, 2.24) is 0 Å². The first kappa shape index (κ1) is 15.1. The Bertz CT molecular complexity index is 584. The van der Waals surface area contributed by atoms with Crippen LogP contribution in [0.15, 0.2) is 54.6 Å². The predicted octanol–water partition coefficient (Wildman–Crippen LogP) is 3.11. The number of nitrogens with one attached hydrogen (secondary N) is 1. The van der Waals surface area contributed by atoms with Crippen molar-refractivity contribution >= 4 is 11.6 Å². The zero-order chi connectivity index (χ0) is 15.1. The van der Waals surface area contributed by atoms with Crippen molar-refractivity contribution in [1.29, 1.82) is 0 Å². The average Bonchev–Trinajstić information content (AvgIpc) is 2.53. The fraction of sp³-hybridized carbons (Fsp3) is 0.235. The third-order valence-electron chi connectivity index (χ3n) is 3.02. The van der Waals surface area contributed by atoms with E-state index in [1.165, 1.54) is 0 Å². The summed E-state index contributed by atoms with van der Waals surface area (Å²) in [5, 5.41) is 2.81. The first-order valence-corrected chi connectivity index (χ1v) is 7.05. The summed E-state index contributed by atoms with van der Waals surface area (Å²) in [6.45, 7) is 2.70. The van der Waals surface area contributed by atoms with Gasteiger partial charge in [-0.2, -0.15) is 0 Å². The summed E-state index contributed by atoms with van der Waals surface area (Å²) in [4.78, 5) is 12.2. The van der Waals surface area contributed by atoms with Crippen LogP contribution in [0.2, 0.25) is 0 Å². The molecule has 21 heavy (non-hydrogen) atoms. The molecule has 4 nitrogen and oxygen atoms in total. The van der Waals surface area contributed by atoms with Gasteiger partial charge in [-0.25, -0.2) is 0 Å². The lowest BCUT2D eigenvalue weighted by Gasteiger charge is -2.13. The number of nitrogens with two attached hydrogens (primary N) is 1. The second-order valence-corrected chi connectivity index (χ2v) is 4.75. The number of hydrogen-bond acceptors (Lipinski definition) is 3. The molecule has 0 heterocycles. The number of hydrogen-bond donors (Lipinski definition) is 2. The number of benzene rings is 2. The molecular formula is C17H20N2O2. The molecule has 4 heteroatoms. The topological polar surface area (TPSA) is 64.3 Å². The SMILES string of the molecule is CCCOc1cccc(NC(=O)[C@H](N)c2ccccc2)c1. The zero-order valence-electron chi connectivity index (χ0n) is 12.1. The third kappa shape index (κ3) is 4.33. The number of anilines is 1. The Hall–Kier alpha value is -2.33. The van der Waals surface area contributed by atoms with E-state index in [0.717, 1.165) is 17.7 Å². The average molecular weight is 284 g/mol. The Morgan fingerprint density at radius 1 is 1.19 bits per heavy atom. The molecular weight excluding hydrogens is 264 g/mol. The minimum atomic E-state index is -0.689. The number of rotatable bonds is 6. The maximum absolute atomic E-state index is 12.2. The molecule has 0 aliphatic carbocycles. The van der Waals surface area contributed by atoms with Crippen LogP contribution in [0, 0.1) is 0 Å². The number of carbonyl (C=O) groups is 1. The van der Waals surface area contributed by atoms with Crippen LogP contribution in [-0.2, 0) is 4.79 Å². The van der Waals surface area contributed by atoms with Crippen LogP contribution >= 0.6 is 0 Å². The molecule has 2 aromatic rings. The van der Waals surface area contributed by atoms with E-state index in [4.69, 9.17) is 10.5 Å². The van der Waals surface area contributed by atoms with Crippen molar-refractivity contribution in [2.24, 2.45) is 5.73 Å². The molecule has 2 rings (SSSR count). The Morgan fingerprint density at radius 3 is 2.67 bits per heavy atom. The van der Waals surface area contributed by atoms with E-state index in [1.807, 2.05) is 55.5 Å². The van der Waals surface area contributed by atoms with E-state index in [0.29, 0.717) is 12.3 Å². The minimum Gasteiger partial charge on any atom is -0.494 e. The van der Waals surface area contributed by atoms with Gasteiger partial charge in [0.05, 0.1) is 6.61 Å². The van der Waals surface area contributed by atoms with Crippen molar-refractivity contribution in [2.75, 3.05) is 11.9 Å². The van der Waals surface area contributed by atoms with Crippen LogP contribution in [0.5, 0.6) is 5.75 Å². The Balaban J connectivity index is 2.02. The Kier molecular flexibility index (Phi) is 5.35. The van der Waals surface area contributed by atoms with E-state index < -0.39 is 6.04 Å². The summed E-state index contributed by atoms with van der Waals surface area (Å²) in [7, 11) is 0. The van der Waals surface area contributed by atoms with Crippen molar-refractivity contribution in [2.45, 2.75) is 19.4 Å². The zero-order valence-corrected chi connectivity index (χ0v) is 12.1. The van der Waals surface area contributed by atoms with Gasteiger partial charge >= 0.3 is 0 Å². The lowest BCUT2D eigenvalue weighted by molar-refractivity contribution is -0.117. The second-order valence-electron chi connectivity index (χ2n) is 4.75. The van der Waals surface area contributed by atoms with Gasteiger partial charge in [0, 0.05) is 11.8 Å². The molecule has 110 valence electrons. The monoisotopic (exact) mass is 284 g/mol. The van der Waals surface area contributed by atoms with Crippen LogP contribution < -0.4 is 15.8 Å². The van der Waals surface area contributed by atoms with Gasteiger partial charge in [-0.1, -0.05) is 43.3 Å². The molecule has 3 N–H and O–H groups in total. The molecule has 0 bridgehead atoms. The summed E-state index contributed by atoms with van der Waals surface area (Å²) >= 11 is 0. The summed E-state index contributed by atoms with van der Waals surface area (Å²) in [6, 6.07) is 15.9. The largest absolute Gasteiger partial charge is 0.494 e. The summed E-state index contributed by atoms with van der Waals surface area (Å²) in [6.07, 6.45) is 0.940. The van der Waals surface area contributed by atoms with Gasteiger partial charge in [0.15, 0.2) is 0 Å². The molecule has 0 aliphatic heterocycles. The first-order chi connectivity index (χ1) is 10.2. The highest BCUT2D eigenvalue weighted by molar-refractivity contribution is 5.95. The van der Waals surface area contributed by atoms with E-state index in [2.05, 4.69) is 5.32 Å². The van der Waals surface area contributed by atoms with Crippen LogP contribution in [0.3, 0.4) is 0 Å². The van der Waals surface area contributed by atoms with E-state index >= 15 is 0 Å². The van der Waals surface area contributed by atoms with E-state index in [-0.39, 0.29) is 5.91 Å². The van der Waals surface area contributed by atoms with Crippen LogP contribution in [0.25, 0.3) is 0 Å². The fourth-order valence-electron chi connectivity index (χ4n) is 1.92. The molecule has 0 aliphatic rings. The number of amides is 1. The highest BCUT2D eigenvalue weighted by Crippen LogP contribution is 2.19. The van der Waals surface area contributed by atoms with E-state index in [1.54, 1.807) is 6.07 Å². The van der Waals surface area contributed by atoms with E-state index in [9.17, 15) is 4.79 Å². The molecule has 1 amide bonds. The highest BCUT2D eigenvalue weighted by atomic mass is 16.5. The maximum atomic E-state index is 12.2. The summed E-state index contributed by atoms with van der Waals surface area (Å²) < 4.78 is 5.54. The number of carbonyl (C=O) groups excluding carboxylic acids is 1. The third-order valence-corrected chi connectivity index (χ3v) is 3.02. The van der Waals surface area contributed by atoms with Crippen LogP contribution in [0.1, 0.15) is 24.9 Å². The normalized spacial score (nSPS) is 11.7. The molecule has 0 fully saturated rings. The molecule has 1 atom stereocenters. The van der Waals surface area contributed by atoms with Gasteiger partial charge in [0.25, 0.3) is 0 Å². The molecule has 0 saturated heterocycles. The smallest absolute Gasteiger partial charge is 0.245 e. The Labute approximate surface area is 124 Å². The van der Waals surface area contributed by atoms with Crippen molar-refractivity contribution < 1.29 is 9.53 Å². The van der Waals surface area contributed by atoms with Gasteiger partial charge in [0.1, 0.15) is 11.8 Å². The maximum Gasteiger partial charge on any atom is 0.245 e. The molecule has 0 unspecified atom stereocenters. The van der Waals surface area contributed by atoms with Gasteiger partial charge in [-0.3, -0.25) is 4.79 Å². The summed E-state index contributed by atoms with van der Waals surface area (Å²) in [5.41, 5.74) is 7.43. The summed E-state index contributed by atoms with van der Waals surface area (Å²) in [5.74, 6) is 0.497. The van der Waals surface area contributed by atoms with Crippen molar-refractivity contribution in [3.8, 4) is 5.75 Å². The quantitative estimate of drug-likeness (QED) is 0.856. The van der Waals surface area contributed by atoms with Gasteiger partial charge in [-0.05, 0) is 24.1 Å².